The minimum atomic E-state index is -0.561. The Hall–Kier alpha value is -1.55. The Morgan fingerprint density at radius 1 is 1.23 bits per heavy atom. The number of nitrogens with zero attached hydrogens (tertiary/aromatic N) is 1. The smallest absolute Gasteiger partial charge is 0.316 e. The molecule has 1 saturated heterocycles. The Kier molecular flexibility index (Phi) is 5.83. The number of anilines is 1. The van der Waals surface area contributed by atoms with Gasteiger partial charge in [-0.2, -0.15) is 0 Å². The molecule has 1 aromatic rings. The van der Waals surface area contributed by atoms with Crippen molar-refractivity contribution in [1.29, 1.82) is 0 Å². The normalized spacial score (nSPS) is 17.9. The minimum absolute atomic E-state index is 0.129. The second-order valence-corrected chi connectivity index (χ2v) is 5.95. The van der Waals surface area contributed by atoms with E-state index in [-0.39, 0.29) is 5.97 Å². The highest BCUT2D eigenvalue weighted by Gasteiger charge is 2.35. The number of carbonyl (C=O) groups excluding carboxylic acids is 1. The van der Waals surface area contributed by atoms with Crippen LogP contribution in [-0.4, -0.2) is 38.9 Å². The molecule has 1 atom stereocenters. The SMILES string of the molecule is CCCC(C)(C(=O)OCC)c1ccc(N2CCOCC2)cc1. The van der Waals surface area contributed by atoms with Crippen LogP contribution in [0.4, 0.5) is 5.69 Å². The molecule has 0 aliphatic carbocycles. The van der Waals surface area contributed by atoms with Crippen LogP contribution < -0.4 is 4.90 Å². The van der Waals surface area contributed by atoms with Gasteiger partial charge in [-0.25, -0.2) is 0 Å². The molecule has 0 spiro atoms. The van der Waals surface area contributed by atoms with Gasteiger partial charge in [0.25, 0.3) is 0 Å². The Labute approximate surface area is 133 Å². The second kappa shape index (κ2) is 7.63. The van der Waals surface area contributed by atoms with E-state index in [1.54, 1.807) is 0 Å². The van der Waals surface area contributed by atoms with Crippen LogP contribution in [0.3, 0.4) is 0 Å². The lowest BCUT2D eigenvalue weighted by molar-refractivity contribution is -0.149. The molecule has 2 rings (SSSR count). The predicted octanol–water partition coefficient (Wildman–Crippen LogP) is 3.14. The minimum Gasteiger partial charge on any atom is -0.465 e. The molecule has 0 saturated carbocycles. The van der Waals surface area contributed by atoms with Gasteiger partial charge in [0.15, 0.2) is 0 Å². The van der Waals surface area contributed by atoms with Gasteiger partial charge in [-0.05, 0) is 38.0 Å². The zero-order chi connectivity index (χ0) is 16.0. The second-order valence-electron chi connectivity index (χ2n) is 5.95. The van der Waals surface area contributed by atoms with E-state index < -0.39 is 5.41 Å². The molecule has 1 fully saturated rings. The molecule has 0 bridgehead atoms. The van der Waals surface area contributed by atoms with Crippen molar-refractivity contribution in [2.75, 3.05) is 37.8 Å². The lowest BCUT2D eigenvalue weighted by Crippen LogP contribution is -2.36. The number of esters is 1. The van der Waals surface area contributed by atoms with Crippen LogP contribution in [-0.2, 0) is 19.7 Å². The Morgan fingerprint density at radius 3 is 2.41 bits per heavy atom. The Morgan fingerprint density at radius 2 is 1.86 bits per heavy atom. The molecule has 1 aromatic carbocycles. The third-order valence-electron chi connectivity index (χ3n) is 4.36. The fourth-order valence-electron chi connectivity index (χ4n) is 3.02. The summed E-state index contributed by atoms with van der Waals surface area (Å²) in [6.07, 6.45) is 1.74. The molecule has 122 valence electrons. The van der Waals surface area contributed by atoms with Crippen LogP contribution in [0.15, 0.2) is 24.3 Å². The monoisotopic (exact) mass is 305 g/mol. The molecule has 0 aromatic heterocycles. The number of carbonyl (C=O) groups is 1. The van der Waals surface area contributed by atoms with Crippen LogP contribution in [0.2, 0.25) is 0 Å². The van der Waals surface area contributed by atoms with E-state index in [2.05, 4.69) is 36.1 Å². The van der Waals surface area contributed by atoms with E-state index in [0.717, 1.165) is 44.7 Å². The zero-order valence-corrected chi connectivity index (χ0v) is 13.9. The molecule has 0 amide bonds. The summed E-state index contributed by atoms with van der Waals surface area (Å²) in [7, 11) is 0. The van der Waals surface area contributed by atoms with Crippen molar-refractivity contribution >= 4 is 11.7 Å². The summed E-state index contributed by atoms with van der Waals surface area (Å²) in [5.74, 6) is -0.129. The zero-order valence-electron chi connectivity index (χ0n) is 13.9. The largest absolute Gasteiger partial charge is 0.465 e. The first-order valence-corrected chi connectivity index (χ1v) is 8.22. The van der Waals surface area contributed by atoms with Crippen LogP contribution in [0.25, 0.3) is 0 Å². The first kappa shape index (κ1) is 16.8. The maximum absolute atomic E-state index is 12.4. The topological polar surface area (TPSA) is 38.8 Å². The van der Waals surface area contributed by atoms with E-state index in [9.17, 15) is 4.79 Å². The first-order chi connectivity index (χ1) is 10.6. The molecule has 4 heteroatoms. The summed E-state index contributed by atoms with van der Waals surface area (Å²) in [4.78, 5) is 14.7. The summed E-state index contributed by atoms with van der Waals surface area (Å²) >= 11 is 0. The molecule has 0 N–H and O–H groups in total. The van der Waals surface area contributed by atoms with Crippen molar-refractivity contribution in [3.63, 3.8) is 0 Å². The van der Waals surface area contributed by atoms with Gasteiger partial charge in [0.2, 0.25) is 0 Å². The molecule has 1 unspecified atom stereocenters. The maximum atomic E-state index is 12.4. The van der Waals surface area contributed by atoms with Crippen LogP contribution in [0, 0.1) is 0 Å². The van der Waals surface area contributed by atoms with Crippen molar-refractivity contribution in [1.82, 2.24) is 0 Å². The van der Waals surface area contributed by atoms with Crippen molar-refractivity contribution in [3.8, 4) is 0 Å². The van der Waals surface area contributed by atoms with Crippen molar-refractivity contribution in [3.05, 3.63) is 29.8 Å². The average Bonchev–Trinajstić information content (AvgIpc) is 2.56. The van der Waals surface area contributed by atoms with Gasteiger partial charge < -0.3 is 14.4 Å². The number of hydrogen-bond acceptors (Lipinski definition) is 4. The molecular weight excluding hydrogens is 278 g/mol. The van der Waals surface area contributed by atoms with Gasteiger partial charge in [-0.3, -0.25) is 4.79 Å². The number of ether oxygens (including phenoxy) is 2. The lowest BCUT2D eigenvalue weighted by Gasteiger charge is -2.31. The molecule has 0 radical (unpaired) electrons. The third kappa shape index (κ3) is 3.61. The number of morpholine rings is 1. The highest BCUT2D eigenvalue weighted by Crippen LogP contribution is 2.32. The first-order valence-electron chi connectivity index (χ1n) is 8.22. The van der Waals surface area contributed by atoms with E-state index in [1.165, 1.54) is 5.69 Å². The van der Waals surface area contributed by atoms with Gasteiger partial charge in [0, 0.05) is 18.8 Å². The molecule has 1 aliphatic rings. The van der Waals surface area contributed by atoms with Crippen LogP contribution in [0.1, 0.15) is 39.2 Å². The number of hydrogen-bond donors (Lipinski definition) is 0. The number of benzene rings is 1. The fourth-order valence-corrected chi connectivity index (χ4v) is 3.02. The average molecular weight is 305 g/mol. The molecule has 1 heterocycles. The summed E-state index contributed by atoms with van der Waals surface area (Å²) in [5.41, 5.74) is 1.66. The quantitative estimate of drug-likeness (QED) is 0.757. The highest BCUT2D eigenvalue weighted by atomic mass is 16.5. The van der Waals surface area contributed by atoms with Crippen molar-refractivity contribution in [2.24, 2.45) is 0 Å². The summed E-state index contributed by atoms with van der Waals surface area (Å²) in [6.45, 7) is 9.75. The summed E-state index contributed by atoms with van der Waals surface area (Å²) in [6, 6.07) is 8.34. The van der Waals surface area contributed by atoms with E-state index >= 15 is 0 Å². The predicted molar refractivity (Wildman–Crippen MR) is 88.4 cm³/mol. The van der Waals surface area contributed by atoms with E-state index in [0.29, 0.717) is 6.61 Å². The van der Waals surface area contributed by atoms with E-state index in [1.807, 2.05) is 13.8 Å². The van der Waals surface area contributed by atoms with Gasteiger partial charge >= 0.3 is 5.97 Å². The summed E-state index contributed by atoms with van der Waals surface area (Å²) in [5, 5.41) is 0. The van der Waals surface area contributed by atoms with Gasteiger partial charge in [0.05, 0.1) is 25.2 Å². The maximum Gasteiger partial charge on any atom is 0.316 e. The van der Waals surface area contributed by atoms with Crippen LogP contribution in [0.5, 0.6) is 0 Å². The molecule has 1 aliphatic heterocycles. The van der Waals surface area contributed by atoms with E-state index in [4.69, 9.17) is 9.47 Å². The van der Waals surface area contributed by atoms with Crippen molar-refractivity contribution in [2.45, 2.75) is 39.0 Å². The standard InChI is InChI=1S/C18H27NO3/c1-4-10-18(3,17(20)22-5-2)15-6-8-16(9-7-15)19-11-13-21-14-12-19/h6-9H,4-5,10-14H2,1-3H3. The molecular formula is C18H27NO3. The highest BCUT2D eigenvalue weighted by molar-refractivity contribution is 5.83. The third-order valence-corrected chi connectivity index (χ3v) is 4.36. The Bertz CT molecular complexity index is 480. The fraction of sp³-hybridized carbons (Fsp3) is 0.611. The van der Waals surface area contributed by atoms with Crippen LogP contribution >= 0.6 is 0 Å². The van der Waals surface area contributed by atoms with Gasteiger partial charge in [-0.15, -0.1) is 0 Å². The van der Waals surface area contributed by atoms with Gasteiger partial charge in [-0.1, -0.05) is 25.5 Å². The Balaban J connectivity index is 2.19. The molecule has 22 heavy (non-hydrogen) atoms. The lowest BCUT2D eigenvalue weighted by atomic mass is 9.78. The van der Waals surface area contributed by atoms with Crippen molar-refractivity contribution < 1.29 is 14.3 Å². The number of rotatable bonds is 6. The van der Waals surface area contributed by atoms with Gasteiger partial charge in [0.1, 0.15) is 0 Å². The molecule has 4 nitrogen and oxygen atoms in total. The summed E-state index contributed by atoms with van der Waals surface area (Å²) < 4.78 is 10.7.